The van der Waals surface area contributed by atoms with Gasteiger partial charge in [-0.3, -0.25) is 0 Å². The van der Waals surface area contributed by atoms with Gasteiger partial charge in [0.15, 0.2) is 0 Å². The van der Waals surface area contributed by atoms with Gasteiger partial charge in [0, 0.05) is 0 Å². The van der Waals surface area contributed by atoms with E-state index in [0.717, 1.165) is 6.07 Å². The van der Waals surface area contributed by atoms with Gasteiger partial charge in [-0.2, -0.15) is 0 Å². The summed E-state index contributed by atoms with van der Waals surface area (Å²) in [5.74, 6) is -2.38. The summed E-state index contributed by atoms with van der Waals surface area (Å²) >= 11 is 2.93. The van der Waals surface area contributed by atoms with Crippen molar-refractivity contribution in [3.8, 4) is 0 Å². The molecular formula is C13H9BrF2N2O2. The molecule has 0 saturated heterocycles. The Morgan fingerprint density at radius 3 is 2.70 bits per heavy atom. The Morgan fingerprint density at radius 1 is 1.30 bits per heavy atom. The number of pyridine rings is 1. The molecule has 0 aliphatic carbocycles. The lowest BCUT2D eigenvalue weighted by atomic mass is 10.2. The van der Waals surface area contributed by atoms with Crippen LogP contribution in [0.2, 0.25) is 0 Å². The summed E-state index contributed by atoms with van der Waals surface area (Å²) in [6, 6.07) is 5.16. The predicted molar refractivity (Wildman–Crippen MR) is 71.8 cm³/mol. The Bertz CT molecular complexity index is 648. The highest BCUT2D eigenvalue weighted by Crippen LogP contribution is 2.22. The third kappa shape index (κ3) is 3.11. The number of benzene rings is 1. The Morgan fingerprint density at radius 2 is 2.05 bits per heavy atom. The third-order valence-corrected chi connectivity index (χ3v) is 3.09. The van der Waals surface area contributed by atoms with Gasteiger partial charge in [-0.15, -0.1) is 0 Å². The van der Waals surface area contributed by atoms with E-state index in [1.54, 1.807) is 0 Å². The van der Waals surface area contributed by atoms with Crippen LogP contribution in [0.25, 0.3) is 0 Å². The molecule has 2 rings (SSSR count). The molecule has 0 saturated carbocycles. The van der Waals surface area contributed by atoms with Crippen molar-refractivity contribution in [1.82, 2.24) is 4.98 Å². The van der Waals surface area contributed by atoms with E-state index in [9.17, 15) is 13.6 Å². The minimum absolute atomic E-state index is 0.00927. The molecule has 1 aromatic heterocycles. The molecule has 20 heavy (non-hydrogen) atoms. The van der Waals surface area contributed by atoms with Crippen molar-refractivity contribution in [2.75, 3.05) is 5.73 Å². The Kier molecular flexibility index (Phi) is 4.29. The first kappa shape index (κ1) is 14.4. The summed E-state index contributed by atoms with van der Waals surface area (Å²) in [6.45, 7) is -0.526. The topological polar surface area (TPSA) is 65.2 Å². The maximum atomic E-state index is 13.7. The quantitative estimate of drug-likeness (QED) is 0.687. The molecule has 2 aromatic rings. The maximum absolute atomic E-state index is 13.7. The van der Waals surface area contributed by atoms with Gasteiger partial charge in [0.25, 0.3) is 0 Å². The van der Waals surface area contributed by atoms with Crippen molar-refractivity contribution in [3.63, 3.8) is 0 Å². The fraction of sp³-hybridized carbons (Fsp3) is 0.0769. The average molecular weight is 343 g/mol. The lowest BCUT2D eigenvalue weighted by Crippen LogP contribution is -2.09. The number of halogens is 3. The van der Waals surface area contributed by atoms with Crippen LogP contribution in [0.4, 0.5) is 14.5 Å². The molecule has 2 N–H and O–H groups in total. The number of nitrogens with zero attached hydrogens (tertiary/aromatic N) is 1. The number of carbonyl (C=O) groups is 1. The van der Waals surface area contributed by atoms with E-state index in [1.165, 1.54) is 24.4 Å². The van der Waals surface area contributed by atoms with Crippen LogP contribution in [0.15, 0.2) is 34.9 Å². The van der Waals surface area contributed by atoms with E-state index in [4.69, 9.17) is 10.5 Å². The van der Waals surface area contributed by atoms with Crippen LogP contribution in [-0.4, -0.2) is 11.0 Å². The molecular weight excluding hydrogens is 334 g/mol. The van der Waals surface area contributed by atoms with Crippen molar-refractivity contribution in [2.45, 2.75) is 6.61 Å². The molecule has 0 amide bonds. The van der Waals surface area contributed by atoms with Gasteiger partial charge in [0.05, 0.1) is 21.9 Å². The zero-order valence-electron chi connectivity index (χ0n) is 10.1. The molecule has 4 nitrogen and oxygen atoms in total. The van der Waals surface area contributed by atoms with E-state index >= 15 is 0 Å². The van der Waals surface area contributed by atoms with Gasteiger partial charge in [0.2, 0.25) is 0 Å². The molecule has 0 radical (unpaired) electrons. The van der Waals surface area contributed by atoms with Gasteiger partial charge >= 0.3 is 5.97 Å². The minimum atomic E-state index is -0.803. The number of ether oxygens (including phenoxy) is 1. The minimum Gasteiger partial charge on any atom is -0.456 e. The number of rotatable bonds is 3. The third-order valence-electron chi connectivity index (χ3n) is 2.48. The second-order valence-electron chi connectivity index (χ2n) is 3.87. The largest absolute Gasteiger partial charge is 0.456 e. The molecule has 0 atom stereocenters. The Balaban J connectivity index is 2.11. The van der Waals surface area contributed by atoms with Gasteiger partial charge in [0.1, 0.15) is 23.9 Å². The highest BCUT2D eigenvalue weighted by Gasteiger charge is 2.15. The standard InChI is InChI=1S/C13H9BrF2N2O2/c14-9-2-3-10(15)8(12(9)16)6-20-13(19)11-4-1-7(17)5-18-11/h1-5H,6,17H2. The van der Waals surface area contributed by atoms with Gasteiger partial charge in [-0.05, 0) is 40.2 Å². The first-order chi connectivity index (χ1) is 9.49. The predicted octanol–water partition coefficient (Wildman–Crippen LogP) is 3.06. The molecule has 0 unspecified atom stereocenters. The van der Waals surface area contributed by atoms with Crippen LogP contribution < -0.4 is 5.73 Å². The van der Waals surface area contributed by atoms with Crippen molar-refractivity contribution in [3.05, 3.63) is 57.8 Å². The van der Waals surface area contributed by atoms with E-state index < -0.39 is 24.2 Å². The van der Waals surface area contributed by atoms with Gasteiger partial charge < -0.3 is 10.5 Å². The average Bonchev–Trinajstić information content (AvgIpc) is 2.43. The lowest BCUT2D eigenvalue weighted by molar-refractivity contribution is 0.0457. The summed E-state index contributed by atoms with van der Waals surface area (Å²) in [5, 5.41) is 0. The molecule has 7 heteroatoms. The van der Waals surface area contributed by atoms with Crippen LogP contribution in [0.3, 0.4) is 0 Å². The molecule has 0 spiro atoms. The Labute approximate surface area is 121 Å². The number of nitrogens with two attached hydrogens (primary N) is 1. The van der Waals surface area contributed by atoms with E-state index in [1.807, 2.05) is 0 Å². The molecule has 0 fully saturated rings. The zero-order valence-corrected chi connectivity index (χ0v) is 11.7. The normalized spacial score (nSPS) is 10.3. The van der Waals surface area contributed by atoms with Crippen LogP contribution in [0.1, 0.15) is 16.1 Å². The van der Waals surface area contributed by atoms with E-state index in [2.05, 4.69) is 20.9 Å². The van der Waals surface area contributed by atoms with Crippen molar-refractivity contribution < 1.29 is 18.3 Å². The lowest BCUT2D eigenvalue weighted by Gasteiger charge is -2.07. The van der Waals surface area contributed by atoms with Crippen molar-refractivity contribution >= 4 is 27.6 Å². The highest BCUT2D eigenvalue weighted by atomic mass is 79.9. The zero-order chi connectivity index (χ0) is 14.7. The number of esters is 1. The SMILES string of the molecule is Nc1ccc(C(=O)OCc2c(F)ccc(Br)c2F)nc1. The first-order valence-electron chi connectivity index (χ1n) is 5.50. The number of hydrogen-bond donors (Lipinski definition) is 1. The number of anilines is 1. The fourth-order valence-electron chi connectivity index (χ4n) is 1.44. The summed E-state index contributed by atoms with van der Waals surface area (Å²) in [7, 11) is 0. The van der Waals surface area contributed by atoms with Crippen LogP contribution >= 0.6 is 15.9 Å². The van der Waals surface area contributed by atoms with E-state index in [-0.39, 0.29) is 15.7 Å². The highest BCUT2D eigenvalue weighted by molar-refractivity contribution is 9.10. The summed E-state index contributed by atoms with van der Waals surface area (Å²) < 4.78 is 32.0. The van der Waals surface area contributed by atoms with Crippen LogP contribution in [0, 0.1) is 11.6 Å². The number of hydrogen-bond acceptors (Lipinski definition) is 4. The van der Waals surface area contributed by atoms with Crippen LogP contribution in [-0.2, 0) is 11.3 Å². The second-order valence-corrected chi connectivity index (χ2v) is 4.73. The van der Waals surface area contributed by atoms with Crippen LogP contribution in [0.5, 0.6) is 0 Å². The number of nitrogen functional groups attached to an aromatic ring is 1. The molecule has 1 aromatic carbocycles. The maximum Gasteiger partial charge on any atom is 0.357 e. The fourth-order valence-corrected chi connectivity index (χ4v) is 1.81. The summed E-state index contributed by atoms with van der Waals surface area (Å²) in [4.78, 5) is 15.4. The van der Waals surface area contributed by atoms with Crippen molar-refractivity contribution in [2.24, 2.45) is 0 Å². The second kappa shape index (κ2) is 5.96. The molecule has 0 aliphatic heterocycles. The summed E-state index contributed by atoms with van der Waals surface area (Å²) in [6.07, 6.45) is 1.29. The monoisotopic (exact) mass is 342 g/mol. The summed E-state index contributed by atoms with van der Waals surface area (Å²) in [5.41, 5.74) is 5.50. The molecule has 0 aliphatic rings. The number of carbonyl (C=O) groups excluding carboxylic acids is 1. The van der Waals surface area contributed by atoms with Gasteiger partial charge in [-0.1, -0.05) is 0 Å². The van der Waals surface area contributed by atoms with E-state index in [0.29, 0.717) is 5.69 Å². The molecule has 1 heterocycles. The molecule has 0 bridgehead atoms. The first-order valence-corrected chi connectivity index (χ1v) is 6.29. The smallest absolute Gasteiger partial charge is 0.357 e. The van der Waals surface area contributed by atoms with Crippen molar-refractivity contribution in [1.29, 1.82) is 0 Å². The Hall–Kier alpha value is -2.02. The number of aromatic nitrogens is 1. The molecule has 104 valence electrons. The van der Waals surface area contributed by atoms with Gasteiger partial charge in [-0.25, -0.2) is 18.6 Å².